The number of ether oxygens (including phenoxy) is 2. The molecule has 1 saturated carbocycles. The zero-order valence-electron chi connectivity index (χ0n) is 18.2. The van der Waals surface area contributed by atoms with Gasteiger partial charge >= 0.3 is 12.1 Å². The van der Waals surface area contributed by atoms with Crippen molar-refractivity contribution in [1.82, 2.24) is 4.98 Å². The summed E-state index contributed by atoms with van der Waals surface area (Å²) >= 11 is 0. The number of esters is 1. The van der Waals surface area contributed by atoms with Crippen LogP contribution in [0.2, 0.25) is 0 Å². The number of halogens is 4. The number of hydrogen-bond acceptors (Lipinski definition) is 6. The van der Waals surface area contributed by atoms with Gasteiger partial charge in [-0.2, -0.15) is 13.2 Å². The SMILES string of the molecule is CC1OC(=O)c2cc(Oc3ncc(CO)cc3C(F)(F)F)c(F)cc2N1C(=O)C1CCCCC1. The topological polar surface area (TPSA) is 89.0 Å². The minimum absolute atomic E-state index is 0.0243. The van der Waals surface area contributed by atoms with E-state index in [1.165, 1.54) is 11.8 Å². The number of hydrogen-bond donors (Lipinski definition) is 1. The van der Waals surface area contributed by atoms with Gasteiger partial charge in [0, 0.05) is 24.2 Å². The number of carbonyl (C=O) groups is 2. The fourth-order valence-electron chi connectivity index (χ4n) is 4.27. The van der Waals surface area contributed by atoms with Crippen molar-refractivity contribution in [1.29, 1.82) is 0 Å². The van der Waals surface area contributed by atoms with Gasteiger partial charge in [0.05, 0.1) is 17.9 Å². The Bertz CT molecular complexity index is 1120. The van der Waals surface area contributed by atoms with Gasteiger partial charge in [0.1, 0.15) is 5.56 Å². The van der Waals surface area contributed by atoms with E-state index in [4.69, 9.17) is 14.6 Å². The van der Waals surface area contributed by atoms with Crippen LogP contribution in [-0.4, -0.2) is 28.2 Å². The molecule has 7 nitrogen and oxygen atoms in total. The van der Waals surface area contributed by atoms with Crippen LogP contribution in [0.25, 0.3) is 0 Å². The van der Waals surface area contributed by atoms with Gasteiger partial charge < -0.3 is 14.6 Å². The van der Waals surface area contributed by atoms with Gasteiger partial charge in [-0.25, -0.2) is 14.2 Å². The van der Waals surface area contributed by atoms with E-state index in [-0.39, 0.29) is 28.6 Å². The minimum atomic E-state index is -4.89. The average molecular weight is 482 g/mol. The van der Waals surface area contributed by atoms with Gasteiger partial charge in [-0.05, 0) is 31.4 Å². The van der Waals surface area contributed by atoms with E-state index in [0.717, 1.165) is 37.6 Å². The molecule has 1 N–H and O–H groups in total. The number of carbonyl (C=O) groups excluding carboxylic acids is 2. The number of amides is 1. The largest absolute Gasteiger partial charge is 0.438 e. The van der Waals surface area contributed by atoms with E-state index in [1.807, 2.05) is 0 Å². The van der Waals surface area contributed by atoms with Crippen molar-refractivity contribution in [2.45, 2.75) is 58.0 Å². The quantitative estimate of drug-likeness (QED) is 0.490. The van der Waals surface area contributed by atoms with Crippen LogP contribution in [0.4, 0.5) is 23.2 Å². The average Bonchev–Trinajstić information content (AvgIpc) is 2.80. The molecule has 11 heteroatoms. The smallest absolute Gasteiger partial charge is 0.421 e. The number of nitrogens with zero attached hydrogens (tertiary/aromatic N) is 2. The maximum atomic E-state index is 15.0. The lowest BCUT2D eigenvalue weighted by Crippen LogP contribution is -2.48. The van der Waals surface area contributed by atoms with Crippen molar-refractivity contribution in [2.75, 3.05) is 4.90 Å². The molecule has 0 radical (unpaired) electrons. The van der Waals surface area contributed by atoms with Crippen LogP contribution in [0.3, 0.4) is 0 Å². The lowest BCUT2D eigenvalue weighted by atomic mass is 9.88. The summed E-state index contributed by atoms with van der Waals surface area (Å²) in [5, 5.41) is 9.11. The zero-order valence-corrected chi connectivity index (χ0v) is 18.2. The van der Waals surface area contributed by atoms with Crippen molar-refractivity contribution < 1.29 is 41.7 Å². The van der Waals surface area contributed by atoms with E-state index in [1.54, 1.807) is 0 Å². The third-order valence-corrected chi connectivity index (χ3v) is 5.97. The summed E-state index contributed by atoms with van der Waals surface area (Å²) in [6.45, 7) is 0.810. The van der Waals surface area contributed by atoms with Crippen molar-refractivity contribution in [3.8, 4) is 11.6 Å². The molecule has 34 heavy (non-hydrogen) atoms. The minimum Gasteiger partial charge on any atom is -0.438 e. The predicted octanol–water partition coefficient (Wildman–Crippen LogP) is 4.95. The van der Waals surface area contributed by atoms with Gasteiger partial charge in [-0.1, -0.05) is 19.3 Å². The van der Waals surface area contributed by atoms with Crippen molar-refractivity contribution >= 4 is 17.6 Å². The molecular formula is C23H22F4N2O5. The van der Waals surface area contributed by atoms with Gasteiger partial charge in [0.2, 0.25) is 11.8 Å². The molecule has 1 atom stereocenters. The molecule has 0 saturated heterocycles. The summed E-state index contributed by atoms with van der Waals surface area (Å²) in [6.07, 6.45) is -0.767. The lowest BCUT2D eigenvalue weighted by molar-refractivity contribution is -0.139. The molecule has 2 aromatic rings. The van der Waals surface area contributed by atoms with Crippen LogP contribution in [0.1, 0.15) is 60.5 Å². The lowest BCUT2D eigenvalue weighted by Gasteiger charge is -2.37. The zero-order chi connectivity index (χ0) is 24.6. The first-order valence-corrected chi connectivity index (χ1v) is 10.8. The molecule has 1 unspecified atom stereocenters. The van der Waals surface area contributed by atoms with E-state index in [9.17, 15) is 22.8 Å². The third kappa shape index (κ3) is 4.56. The van der Waals surface area contributed by atoms with Gasteiger partial charge in [-0.15, -0.1) is 0 Å². The van der Waals surface area contributed by atoms with Crippen LogP contribution in [0.15, 0.2) is 24.4 Å². The van der Waals surface area contributed by atoms with E-state index in [0.29, 0.717) is 18.9 Å². The van der Waals surface area contributed by atoms with Crippen LogP contribution in [0.5, 0.6) is 11.6 Å². The van der Waals surface area contributed by atoms with Gasteiger partial charge in [0.25, 0.3) is 0 Å². The Hall–Kier alpha value is -3.21. The number of pyridine rings is 1. The monoisotopic (exact) mass is 482 g/mol. The normalized spacial score (nSPS) is 18.9. The third-order valence-electron chi connectivity index (χ3n) is 5.97. The summed E-state index contributed by atoms with van der Waals surface area (Å²) in [7, 11) is 0. The number of aromatic nitrogens is 1. The molecule has 1 aliphatic carbocycles. The van der Waals surface area contributed by atoms with Crippen LogP contribution < -0.4 is 9.64 Å². The Labute approximate surface area is 192 Å². The second-order valence-corrected chi connectivity index (χ2v) is 8.30. The number of anilines is 1. The number of aliphatic hydroxyl groups excluding tert-OH is 1. The standard InChI is InChI=1S/C23H22F4N2O5/c1-12-29(21(31)14-5-3-2-4-6-14)18-9-17(24)19(8-15(18)22(32)33-12)34-20-16(23(25,26)27)7-13(11-30)10-28-20/h7-10,12,14,30H,2-6,11H2,1H3. The number of benzene rings is 1. The molecular weight excluding hydrogens is 460 g/mol. The first-order chi connectivity index (χ1) is 16.1. The number of alkyl halides is 3. The Kier molecular flexibility index (Phi) is 6.48. The molecule has 1 aliphatic heterocycles. The predicted molar refractivity (Wildman–Crippen MR) is 111 cm³/mol. The number of rotatable bonds is 4. The van der Waals surface area contributed by atoms with Crippen LogP contribution >= 0.6 is 0 Å². The van der Waals surface area contributed by atoms with Crippen LogP contribution in [0, 0.1) is 11.7 Å². The molecule has 1 aromatic carbocycles. The number of fused-ring (bicyclic) bond motifs is 1. The van der Waals surface area contributed by atoms with E-state index < -0.39 is 48.0 Å². The number of aliphatic hydroxyl groups is 1. The summed E-state index contributed by atoms with van der Waals surface area (Å²) in [5.41, 5.74) is -1.66. The Morgan fingerprint density at radius 3 is 2.59 bits per heavy atom. The van der Waals surface area contributed by atoms with Crippen molar-refractivity contribution in [2.24, 2.45) is 5.92 Å². The molecule has 0 spiro atoms. The maximum Gasteiger partial charge on any atom is 0.421 e. The van der Waals surface area contributed by atoms with E-state index in [2.05, 4.69) is 4.98 Å². The summed E-state index contributed by atoms with van der Waals surface area (Å²) in [6, 6.07) is 2.43. The Morgan fingerprint density at radius 2 is 1.94 bits per heavy atom. The second-order valence-electron chi connectivity index (χ2n) is 8.30. The summed E-state index contributed by atoms with van der Waals surface area (Å²) in [4.78, 5) is 30.4. The molecule has 2 aliphatic rings. The van der Waals surface area contributed by atoms with Gasteiger partial charge in [-0.3, -0.25) is 9.69 Å². The Balaban J connectivity index is 1.72. The summed E-state index contributed by atoms with van der Waals surface area (Å²) < 4.78 is 65.7. The second kappa shape index (κ2) is 9.21. The van der Waals surface area contributed by atoms with E-state index >= 15 is 4.39 Å². The maximum absolute atomic E-state index is 15.0. The first-order valence-electron chi connectivity index (χ1n) is 10.8. The highest BCUT2D eigenvalue weighted by Crippen LogP contribution is 2.41. The molecule has 0 bridgehead atoms. The summed E-state index contributed by atoms with van der Waals surface area (Å²) in [5.74, 6) is -4.16. The molecule has 4 rings (SSSR count). The highest BCUT2D eigenvalue weighted by Gasteiger charge is 2.39. The van der Waals surface area contributed by atoms with Gasteiger partial charge in [0.15, 0.2) is 17.8 Å². The first kappa shape index (κ1) is 23.9. The van der Waals surface area contributed by atoms with Crippen LogP contribution in [-0.2, 0) is 22.3 Å². The van der Waals surface area contributed by atoms with Crippen molar-refractivity contribution in [3.63, 3.8) is 0 Å². The highest BCUT2D eigenvalue weighted by atomic mass is 19.4. The fraction of sp³-hybridized carbons (Fsp3) is 0.435. The molecule has 182 valence electrons. The molecule has 1 fully saturated rings. The molecule has 1 aromatic heterocycles. The molecule has 1 amide bonds. The number of cyclic esters (lactones) is 1. The highest BCUT2D eigenvalue weighted by molar-refractivity contribution is 6.06. The van der Waals surface area contributed by atoms with Crippen molar-refractivity contribution in [3.05, 3.63) is 46.9 Å². The fourth-order valence-corrected chi connectivity index (χ4v) is 4.27. The Morgan fingerprint density at radius 1 is 1.24 bits per heavy atom. The molecule has 2 heterocycles.